The van der Waals surface area contributed by atoms with E-state index >= 15 is 0 Å². The van der Waals surface area contributed by atoms with E-state index in [1.165, 1.54) is 17.0 Å². The lowest BCUT2D eigenvalue weighted by molar-refractivity contribution is 0.0770. The molecule has 0 aromatic heterocycles. The van der Waals surface area contributed by atoms with Gasteiger partial charge in [-0.25, -0.2) is 8.42 Å². The van der Waals surface area contributed by atoms with Crippen LogP contribution in [0.4, 0.5) is 0 Å². The highest BCUT2D eigenvalue weighted by Gasteiger charge is 2.20. The molecule has 0 spiro atoms. The smallest absolute Gasteiger partial charge is 0.255 e. The highest BCUT2D eigenvalue weighted by molar-refractivity contribution is 7.90. The third-order valence-corrected chi connectivity index (χ3v) is 4.80. The second-order valence-electron chi connectivity index (χ2n) is 5.61. The minimum atomic E-state index is -3.46. The van der Waals surface area contributed by atoms with Gasteiger partial charge in [0.05, 0.1) is 17.0 Å². The molecule has 0 bridgehead atoms. The van der Waals surface area contributed by atoms with E-state index in [2.05, 4.69) is 0 Å². The van der Waals surface area contributed by atoms with Crippen molar-refractivity contribution in [1.29, 1.82) is 0 Å². The van der Waals surface area contributed by atoms with Crippen molar-refractivity contribution in [3.8, 4) is 5.75 Å². The third-order valence-electron chi connectivity index (χ3n) is 3.64. The zero-order valence-electron chi connectivity index (χ0n) is 14.0. The van der Waals surface area contributed by atoms with Crippen molar-refractivity contribution in [3.63, 3.8) is 0 Å². The first-order valence-electron chi connectivity index (χ1n) is 7.53. The minimum absolute atomic E-state index is 0.0432. The number of para-hydroxylation sites is 1. The molecular weight excluding hydrogens is 326 g/mol. The largest absolute Gasteiger partial charge is 0.491 e. The quantitative estimate of drug-likeness (QED) is 0.806. The fourth-order valence-electron chi connectivity index (χ4n) is 2.28. The monoisotopic (exact) mass is 347 g/mol. The molecule has 0 heterocycles. The summed E-state index contributed by atoms with van der Waals surface area (Å²) in [5.74, 6) is 0.430. The van der Waals surface area contributed by atoms with Gasteiger partial charge >= 0.3 is 0 Å². The predicted octanol–water partition coefficient (Wildman–Crippen LogP) is 2.55. The van der Waals surface area contributed by atoms with Crippen molar-refractivity contribution in [3.05, 3.63) is 59.7 Å². The van der Waals surface area contributed by atoms with E-state index in [-0.39, 0.29) is 16.4 Å². The first-order valence-corrected chi connectivity index (χ1v) is 9.43. The Balaban J connectivity index is 2.05. The zero-order valence-corrected chi connectivity index (χ0v) is 14.8. The topological polar surface area (TPSA) is 63.7 Å². The van der Waals surface area contributed by atoms with Gasteiger partial charge in [0, 0.05) is 13.3 Å². The van der Waals surface area contributed by atoms with Crippen LogP contribution in [-0.2, 0) is 9.84 Å². The lowest BCUT2D eigenvalue weighted by Gasteiger charge is -2.19. The number of carbonyl (C=O) groups excluding carboxylic acids is 1. The number of hydrogen-bond acceptors (Lipinski definition) is 4. The van der Waals surface area contributed by atoms with Crippen LogP contribution >= 0.6 is 0 Å². The molecule has 0 radical (unpaired) electrons. The van der Waals surface area contributed by atoms with Crippen molar-refractivity contribution < 1.29 is 17.9 Å². The Hall–Kier alpha value is -2.34. The number of carbonyl (C=O) groups is 1. The summed E-state index contributed by atoms with van der Waals surface area (Å²) in [5, 5.41) is 0. The summed E-state index contributed by atoms with van der Waals surface area (Å²) < 4.78 is 29.3. The molecule has 2 aromatic rings. The van der Waals surface area contributed by atoms with Crippen LogP contribution in [0.5, 0.6) is 5.75 Å². The molecule has 0 aliphatic rings. The van der Waals surface area contributed by atoms with Crippen molar-refractivity contribution in [1.82, 2.24) is 4.90 Å². The van der Waals surface area contributed by atoms with E-state index in [0.717, 1.165) is 17.6 Å². The number of likely N-dealkylation sites (N-methyl/N-ethyl adjacent to an activating group) is 1. The average molecular weight is 347 g/mol. The molecule has 0 saturated carbocycles. The van der Waals surface area contributed by atoms with Gasteiger partial charge in [-0.15, -0.1) is 0 Å². The molecule has 6 heteroatoms. The van der Waals surface area contributed by atoms with Crippen molar-refractivity contribution in [2.45, 2.75) is 11.8 Å². The van der Waals surface area contributed by atoms with Gasteiger partial charge in [0.2, 0.25) is 0 Å². The fraction of sp³-hybridized carbons (Fsp3) is 0.278. The molecule has 2 rings (SSSR count). The number of benzene rings is 2. The molecule has 0 saturated heterocycles. The van der Waals surface area contributed by atoms with Crippen LogP contribution in [0, 0.1) is 6.92 Å². The van der Waals surface area contributed by atoms with Gasteiger partial charge in [0.1, 0.15) is 12.4 Å². The Morgan fingerprint density at radius 3 is 2.38 bits per heavy atom. The highest BCUT2D eigenvalue weighted by atomic mass is 32.2. The predicted molar refractivity (Wildman–Crippen MR) is 93.2 cm³/mol. The van der Waals surface area contributed by atoms with Crippen LogP contribution in [-0.4, -0.2) is 45.7 Å². The maximum atomic E-state index is 12.5. The van der Waals surface area contributed by atoms with E-state index in [1.54, 1.807) is 19.2 Å². The van der Waals surface area contributed by atoms with E-state index in [0.29, 0.717) is 13.2 Å². The number of aryl methyl sites for hydroxylation is 1. The molecule has 24 heavy (non-hydrogen) atoms. The van der Waals surface area contributed by atoms with Crippen LogP contribution in [0.25, 0.3) is 0 Å². The van der Waals surface area contributed by atoms with Crippen molar-refractivity contribution in [2.75, 3.05) is 26.5 Å². The maximum Gasteiger partial charge on any atom is 0.255 e. The molecule has 0 aliphatic carbocycles. The molecule has 2 aromatic carbocycles. The Labute approximate surface area is 142 Å². The summed E-state index contributed by atoms with van der Waals surface area (Å²) >= 11 is 0. The van der Waals surface area contributed by atoms with Crippen molar-refractivity contribution >= 4 is 15.7 Å². The maximum absolute atomic E-state index is 12.5. The first kappa shape index (κ1) is 18.0. The summed E-state index contributed by atoms with van der Waals surface area (Å²) in [4.78, 5) is 14.0. The Bertz CT molecular complexity index is 830. The summed E-state index contributed by atoms with van der Waals surface area (Å²) in [6, 6.07) is 13.9. The first-order chi connectivity index (χ1) is 11.3. The van der Waals surface area contributed by atoms with E-state index < -0.39 is 9.84 Å². The number of rotatable bonds is 6. The van der Waals surface area contributed by atoms with Gasteiger partial charge in [-0.05, 0) is 30.7 Å². The second kappa shape index (κ2) is 7.49. The zero-order chi connectivity index (χ0) is 17.7. The number of hydrogen-bond donors (Lipinski definition) is 0. The number of sulfone groups is 1. The summed E-state index contributed by atoms with van der Waals surface area (Å²) in [6.07, 6.45) is 1.10. The van der Waals surface area contributed by atoms with E-state index in [9.17, 15) is 13.2 Å². The van der Waals surface area contributed by atoms with Gasteiger partial charge in [-0.1, -0.05) is 30.3 Å². The van der Waals surface area contributed by atoms with E-state index in [1.807, 2.05) is 31.2 Å². The standard InChI is InChI=1S/C18H21NO4S/c1-14-8-4-6-10-16(14)23-13-12-19(2)18(20)15-9-5-7-11-17(15)24(3,21)22/h4-11H,12-13H2,1-3H3. The van der Waals surface area contributed by atoms with Gasteiger partial charge in [-0.2, -0.15) is 0 Å². The molecule has 0 unspecified atom stereocenters. The average Bonchev–Trinajstić information content (AvgIpc) is 2.55. The van der Waals surface area contributed by atoms with Crippen LogP contribution in [0.15, 0.2) is 53.4 Å². The summed E-state index contributed by atoms with van der Waals surface area (Å²) in [7, 11) is -1.83. The Kier molecular flexibility index (Phi) is 5.62. The number of amides is 1. The normalized spacial score (nSPS) is 11.1. The van der Waals surface area contributed by atoms with Gasteiger partial charge in [-0.3, -0.25) is 4.79 Å². The van der Waals surface area contributed by atoms with E-state index in [4.69, 9.17) is 4.74 Å². The molecule has 0 atom stereocenters. The second-order valence-corrected chi connectivity index (χ2v) is 7.59. The van der Waals surface area contributed by atoms with Crippen LogP contribution < -0.4 is 4.74 Å². The van der Waals surface area contributed by atoms with Crippen LogP contribution in [0.3, 0.4) is 0 Å². The molecular formula is C18H21NO4S. The van der Waals surface area contributed by atoms with Crippen molar-refractivity contribution in [2.24, 2.45) is 0 Å². The molecule has 128 valence electrons. The Morgan fingerprint density at radius 2 is 1.71 bits per heavy atom. The van der Waals surface area contributed by atoms with Gasteiger partial charge in [0.25, 0.3) is 5.91 Å². The Morgan fingerprint density at radius 1 is 1.08 bits per heavy atom. The number of nitrogens with zero attached hydrogens (tertiary/aromatic N) is 1. The summed E-state index contributed by atoms with van der Waals surface area (Å²) in [5.41, 5.74) is 1.20. The third kappa shape index (κ3) is 4.35. The van der Waals surface area contributed by atoms with Gasteiger partial charge < -0.3 is 9.64 Å². The summed E-state index contributed by atoms with van der Waals surface area (Å²) in [6.45, 7) is 2.63. The highest BCUT2D eigenvalue weighted by Crippen LogP contribution is 2.18. The van der Waals surface area contributed by atoms with Crippen LogP contribution in [0.2, 0.25) is 0 Å². The molecule has 0 fully saturated rings. The lowest BCUT2D eigenvalue weighted by atomic mass is 10.2. The van der Waals surface area contributed by atoms with Crippen LogP contribution in [0.1, 0.15) is 15.9 Å². The molecule has 0 aliphatic heterocycles. The SMILES string of the molecule is Cc1ccccc1OCCN(C)C(=O)c1ccccc1S(C)(=O)=O. The lowest BCUT2D eigenvalue weighted by Crippen LogP contribution is -2.31. The minimum Gasteiger partial charge on any atom is -0.491 e. The van der Waals surface area contributed by atoms with Gasteiger partial charge in [0.15, 0.2) is 9.84 Å². The number of ether oxygens (including phenoxy) is 1. The fourth-order valence-corrected chi connectivity index (χ4v) is 3.17. The molecule has 1 amide bonds. The molecule has 0 N–H and O–H groups in total. The molecule has 5 nitrogen and oxygen atoms in total.